The summed E-state index contributed by atoms with van der Waals surface area (Å²) in [4.78, 5) is 63.8. The Hall–Kier alpha value is -4.75. The normalized spacial score (nSPS) is 21.5. The molecule has 1 unspecified atom stereocenters. The summed E-state index contributed by atoms with van der Waals surface area (Å²) in [5.74, 6) is -0.509. The molecule has 2 fully saturated rings. The van der Waals surface area contributed by atoms with Gasteiger partial charge in [-0.05, 0) is 35.6 Å². The molecule has 15 heteroatoms. The molecule has 252 valence electrons. The first-order chi connectivity index (χ1) is 23.0. The van der Waals surface area contributed by atoms with Crippen LogP contribution in [0.15, 0.2) is 85.6 Å². The first-order valence-corrected chi connectivity index (χ1v) is 17.1. The van der Waals surface area contributed by atoms with Crippen LogP contribution in [0.1, 0.15) is 17.5 Å². The summed E-state index contributed by atoms with van der Waals surface area (Å²) in [7, 11) is -2.93. The number of nitrogens with zero attached hydrogens (tertiary/aromatic N) is 6. The highest BCUT2D eigenvalue weighted by molar-refractivity contribution is 7.46. The van der Waals surface area contributed by atoms with Crippen LogP contribution in [0, 0.1) is 5.92 Å². The molecule has 2 aliphatic heterocycles. The number of piperazine rings is 1. The van der Waals surface area contributed by atoms with E-state index in [1.54, 1.807) is 32.8 Å². The zero-order valence-electron chi connectivity index (χ0n) is 26.5. The predicted molar refractivity (Wildman–Crippen MR) is 177 cm³/mol. The fourth-order valence-corrected chi connectivity index (χ4v) is 6.93. The molecule has 2 saturated heterocycles. The number of aryl methyl sites for hydroxylation is 1. The second-order valence-electron chi connectivity index (χ2n) is 12.1. The van der Waals surface area contributed by atoms with Gasteiger partial charge in [0.15, 0.2) is 0 Å². The highest BCUT2D eigenvalue weighted by Gasteiger charge is 2.51. The second kappa shape index (κ2) is 13.8. The van der Waals surface area contributed by atoms with Crippen LogP contribution < -0.4 is 9.84 Å². The number of hydrazine groups is 1. The van der Waals surface area contributed by atoms with Gasteiger partial charge in [-0.2, -0.15) is 5.10 Å². The Morgan fingerprint density at radius 1 is 1.17 bits per heavy atom. The highest BCUT2D eigenvalue weighted by Crippen LogP contribution is 2.38. The molecule has 3 aromatic rings. The molecular formula is C33H38N7O7P. The Kier molecular flexibility index (Phi) is 9.51. The molecule has 0 bridgehead atoms. The van der Waals surface area contributed by atoms with E-state index in [2.05, 4.69) is 21.5 Å². The molecule has 3 N–H and O–H groups in total. The molecule has 1 aromatic heterocycles. The summed E-state index contributed by atoms with van der Waals surface area (Å²) in [5, 5.41) is 11.8. The number of aromatic nitrogens is 2. The van der Waals surface area contributed by atoms with Gasteiger partial charge in [0, 0.05) is 44.7 Å². The molecule has 14 nitrogen and oxygen atoms in total. The molecule has 0 spiro atoms. The monoisotopic (exact) mass is 675 g/mol. The third-order valence-corrected chi connectivity index (χ3v) is 9.08. The van der Waals surface area contributed by atoms with Crippen molar-refractivity contribution >= 4 is 36.6 Å². The largest absolute Gasteiger partial charge is 0.524 e. The van der Waals surface area contributed by atoms with E-state index in [-0.39, 0.29) is 62.1 Å². The maximum Gasteiger partial charge on any atom is 0.524 e. The van der Waals surface area contributed by atoms with Crippen molar-refractivity contribution in [1.82, 2.24) is 34.9 Å². The van der Waals surface area contributed by atoms with Crippen LogP contribution in [0.25, 0.3) is 10.9 Å². The van der Waals surface area contributed by atoms with Crippen LogP contribution in [0.4, 0.5) is 4.79 Å². The van der Waals surface area contributed by atoms with E-state index in [1.165, 1.54) is 22.0 Å². The second-order valence-corrected chi connectivity index (χ2v) is 13.2. The number of phosphoric acid groups is 1. The van der Waals surface area contributed by atoms with Crippen molar-refractivity contribution < 1.29 is 33.3 Å². The van der Waals surface area contributed by atoms with Gasteiger partial charge in [0.25, 0.3) is 0 Å². The summed E-state index contributed by atoms with van der Waals surface area (Å²) in [5.41, 5.74) is 2.21. The minimum Gasteiger partial charge on any atom is -0.404 e. The zero-order chi connectivity index (χ0) is 34.0. The van der Waals surface area contributed by atoms with Crippen LogP contribution in [0.5, 0.6) is 5.75 Å². The third-order valence-electron chi connectivity index (χ3n) is 8.64. The summed E-state index contributed by atoms with van der Waals surface area (Å²) < 4.78 is 17.7. The predicted octanol–water partition coefficient (Wildman–Crippen LogP) is 2.71. The van der Waals surface area contributed by atoms with E-state index in [0.717, 1.165) is 22.9 Å². The molecule has 2 aromatic carbocycles. The average Bonchev–Trinajstić information content (AvgIpc) is 3.44. The number of fused-ring (bicyclic) bond motifs is 2. The van der Waals surface area contributed by atoms with Crippen LogP contribution in [0.2, 0.25) is 0 Å². The number of urea groups is 1. The summed E-state index contributed by atoms with van der Waals surface area (Å²) in [6, 6.07) is 10.4. The van der Waals surface area contributed by atoms with Crippen molar-refractivity contribution in [3.8, 4) is 5.75 Å². The van der Waals surface area contributed by atoms with Crippen LogP contribution in [0.3, 0.4) is 0 Å². The number of hydrogen-bond donors (Lipinski definition) is 3. The molecule has 3 aliphatic rings. The summed E-state index contributed by atoms with van der Waals surface area (Å²) in [6.07, 6.45) is 11.6. The first kappa shape index (κ1) is 33.2. The topological polar surface area (TPSA) is 161 Å². The van der Waals surface area contributed by atoms with Crippen molar-refractivity contribution in [2.45, 2.75) is 31.6 Å². The molecule has 3 atom stereocenters. The lowest BCUT2D eigenvalue weighted by Gasteiger charge is -2.55. The van der Waals surface area contributed by atoms with E-state index in [9.17, 15) is 28.7 Å². The lowest BCUT2D eigenvalue weighted by molar-refractivity contribution is -0.189. The van der Waals surface area contributed by atoms with E-state index >= 15 is 0 Å². The van der Waals surface area contributed by atoms with E-state index in [1.807, 2.05) is 55.7 Å². The summed E-state index contributed by atoms with van der Waals surface area (Å²) in [6.45, 7) is 4.61. The molecule has 0 saturated carbocycles. The number of nitrogens with one attached hydrogen (secondary N) is 1. The number of benzene rings is 2. The van der Waals surface area contributed by atoms with E-state index in [4.69, 9.17) is 0 Å². The Balaban J connectivity index is 1.34. The Bertz CT molecular complexity index is 1820. The van der Waals surface area contributed by atoms with Crippen molar-refractivity contribution in [2.24, 2.45) is 13.0 Å². The molecule has 3 heterocycles. The van der Waals surface area contributed by atoms with Gasteiger partial charge in [0.05, 0.1) is 18.6 Å². The molecule has 1 aliphatic carbocycles. The smallest absolute Gasteiger partial charge is 0.404 e. The standard InChI is InChI=1S/C33H38N7O7P/c1-3-16-38-22-30(41)39-28(17-23-12-14-27(15-13-23)47-48(44,45)46)32(42)37(20-26-11-7-10-25-19-36(2)35-31(25)26)21-29(39)40(38)33(43)34-18-24-8-5-4-6-9-24/h3-8,10-15,19,24,28-29H,1,9,16-18,20-22H2,2H3,(H,34,43)(H2,44,45,46)/t24?,28-,29-/m0/s1. The fourth-order valence-electron chi connectivity index (χ4n) is 6.53. The minimum absolute atomic E-state index is 0.0368. The van der Waals surface area contributed by atoms with Gasteiger partial charge in [-0.1, -0.05) is 60.7 Å². The average molecular weight is 676 g/mol. The quantitative estimate of drug-likeness (QED) is 0.217. The van der Waals surface area contributed by atoms with Crippen molar-refractivity contribution in [2.75, 3.05) is 26.2 Å². The Morgan fingerprint density at radius 2 is 1.96 bits per heavy atom. The maximum atomic E-state index is 14.4. The van der Waals surface area contributed by atoms with Crippen molar-refractivity contribution in [1.29, 1.82) is 0 Å². The lowest BCUT2D eigenvalue weighted by atomic mass is 9.98. The molecule has 4 amide bonds. The Labute approximate surface area is 277 Å². The number of hydrogen-bond acceptors (Lipinski definition) is 7. The van der Waals surface area contributed by atoms with Gasteiger partial charge < -0.3 is 19.6 Å². The molecule has 48 heavy (non-hydrogen) atoms. The highest BCUT2D eigenvalue weighted by atomic mass is 31.2. The SMILES string of the molecule is C=CCN1CC(=O)N2[C@@H](Cc3ccc(OP(=O)(O)O)cc3)C(=O)N(Cc3cccc4cn(C)nc34)C[C@@H]2N1C(=O)NCC1C=CC=CC1. The number of phosphoric ester groups is 1. The van der Waals surface area contributed by atoms with Crippen LogP contribution in [-0.2, 0) is 34.2 Å². The number of carbonyl (C=O) groups excluding carboxylic acids is 3. The number of carbonyl (C=O) groups is 3. The third kappa shape index (κ3) is 7.21. The van der Waals surface area contributed by atoms with Gasteiger partial charge in [0.1, 0.15) is 18.0 Å². The first-order valence-electron chi connectivity index (χ1n) is 15.6. The van der Waals surface area contributed by atoms with Gasteiger partial charge >= 0.3 is 13.9 Å². The fraction of sp³-hybridized carbons (Fsp3) is 0.333. The number of amides is 4. The van der Waals surface area contributed by atoms with Crippen LogP contribution >= 0.6 is 7.82 Å². The van der Waals surface area contributed by atoms with E-state index < -0.39 is 20.0 Å². The van der Waals surface area contributed by atoms with Gasteiger partial charge in [-0.25, -0.2) is 19.4 Å². The molecule has 0 radical (unpaired) electrons. The Morgan fingerprint density at radius 3 is 2.67 bits per heavy atom. The van der Waals surface area contributed by atoms with Crippen molar-refractivity contribution in [3.63, 3.8) is 0 Å². The van der Waals surface area contributed by atoms with Crippen LogP contribution in [-0.4, -0.2) is 95.6 Å². The van der Waals surface area contributed by atoms with Gasteiger partial charge in [-0.15, -0.1) is 6.58 Å². The van der Waals surface area contributed by atoms with Gasteiger partial charge in [0.2, 0.25) is 11.8 Å². The minimum atomic E-state index is -4.76. The number of allylic oxidation sites excluding steroid dienone is 3. The summed E-state index contributed by atoms with van der Waals surface area (Å²) >= 11 is 0. The lowest BCUT2D eigenvalue weighted by Crippen LogP contribution is -2.76. The number of rotatable bonds is 10. The van der Waals surface area contributed by atoms with Gasteiger partial charge in [-0.3, -0.25) is 24.1 Å². The molecule has 6 rings (SSSR count). The van der Waals surface area contributed by atoms with Crippen molar-refractivity contribution in [3.05, 3.63) is 96.7 Å². The molecular weight excluding hydrogens is 637 g/mol. The zero-order valence-corrected chi connectivity index (χ0v) is 27.4. The van der Waals surface area contributed by atoms with E-state index in [0.29, 0.717) is 12.1 Å². The maximum absolute atomic E-state index is 14.4.